The lowest BCUT2D eigenvalue weighted by molar-refractivity contribution is 0.0896. The number of aromatic nitrogens is 2. The van der Waals surface area contributed by atoms with Crippen LogP contribution >= 0.6 is 34.8 Å². The number of carbonyl (C=O) groups excluding carboxylic acids is 2. The highest BCUT2D eigenvalue weighted by Crippen LogP contribution is 2.30. The van der Waals surface area contributed by atoms with E-state index in [1.165, 1.54) is 6.92 Å². The van der Waals surface area contributed by atoms with Crippen LogP contribution in [0.3, 0.4) is 0 Å². The maximum Gasteiger partial charge on any atom is 0.285 e. The Bertz CT molecular complexity index is 643. The van der Waals surface area contributed by atoms with E-state index in [2.05, 4.69) is 4.98 Å². The summed E-state index contributed by atoms with van der Waals surface area (Å²) in [7, 11) is 0. The van der Waals surface area contributed by atoms with Crippen LogP contribution in [0.2, 0.25) is 0 Å². The summed E-state index contributed by atoms with van der Waals surface area (Å²) in [6.45, 7) is 1.30. The minimum Gasteiger partial charge on any atom is -0.291 e. The van der Waals surface area contributed by atoms with E-state index in [1.807, 2.05) is 0 Å². The number of nitrogens with zero attached hydrogens (tertiary/aromatic N) is 2. The molecule has 0 fully saturated rings. The fraction of sp³-hybridized carbons (Fsp3) is 0.182. The third-order valence-corrected chi connectivity index (χ3v) is 2.81. The Labute approximate surface area is 117 Å². The van der Waals surface area contributed by atoms with Gasteiger partial charge in [0.05, 0.1) is 11.0 Å². The molecule has 0 radical (unpaired) electrons. The minimum absolute atomic E-state index is 0.0486. The Morgan fingerprint density at radius 2 is 1.83 bits per heavy atom. The number of para-hydroxylation sites is 2. The number of benzene rings is 1. The van der Waals surface area contributed by atoms with Crippen molar-refractivity contribution in [3.8, 4) is 0 Å². The molecule has 0 aliphatic heterocycles. The second-order valence-electron chi connectivity index (χ2n) is 3.62. The highest BCUT2D eigenvalue weighted by molar-refractivity contribution is 6.76. The van der Waals surface area contributed by atoms with E-state index in [0.29, 0.717) is 11.0 Å². The van der Waals surface area contributed by atoms with Crippen molar-refractivity contribution in [1.29, 1.82) is 0 Å². The van der Waals surface area contributed by atoms with Crippen molar-refractivity contribution < 1.29 is 9.59 Å². The summed E-state index contributed by atoms with van der Waals surface area (Å²) in [6, 6.07) is 6.74. The maximum atomic E-state index is 12.0. The van der Waals surface area contributed by atoms with Crippen LogP contribution in [0.4, 0.5) is 0 Å². The first-order valence-corrected chi connectivity index (χ1v) is 6.05. The van der Waals surface area contributed by atoms with Crippen molar-refractivity contribution in [2.45, 2.75) is 10.7 Å². The number of imidazole rings is 1. The van der Waals surface area contributed by atoms with Crippen LogP contribution in [-0.2, 0) is 0 Å². The summed E-state index contributed by atoms with van der Waals surface area (Å²) >= 11 is 16.7. The number of alkyl halides is 3. The van der Waals surface area contributed by atoms with Gasteiger partial charge in [-0.1, -0.05) is 46.9 Å². The predicted molar refractivity (Wildman–Crippen MR) is 70.7 cm³/mol. The topological polar surface area (TPSA) is 52.0 Å². The molecule has 0 N–H and O–H groups in total. The smallest absolute Gasteiger partial charge is 0.285 e. The Morgan fingerprint density at radius 3 is 2.39 bits per heavy atom. The third-order valence-electron chi connectivity index (χ3n) is 2.32. The third kappa shape index (κ3) is 2.23. The number of carbonyl (C=O) groups is 2. The van der Waals surface area contributed by atoms with Gasteiger partial charge in [0.1, 0.15) is 0 Å². The van der Waals surface area contributed by atoms with Crippen LogP contribution in [0.15, 0.2) is 24.3 Å². The van der Waals surface area contributed by atoms with E-state index in [1.54, 1.807) is 24.3 Å². The highest BCUT2D eigenvalue weighted by Gasteiger charge is 2.35. The van der Waals surface area contributed by atoms with Gasteiger partial charge in [-0.2, -0.15) is 0 Å². The largest absolute Gasteiger partial charge is 0.291 e. The molecule has 2 aromatic rings. The predicted octanol–water partition coefficient (Wildman–Crippen LogP) is 3.25. The second kappa shape index (κ2) is 4.53. The Morgan fingerprint density at radius 1 is 1.22 bits per heavy atom. The van der Waals surface area contributed by atoms with Gasteiger partial charge in [0.15, 0.2) is 11.6 Å². The number of rotatable bonds is 1. The van der Waals surface area contributed by atoms with Gasteiger partial charge in [-0.05, 0) is 12.1 Å². The minimum atomic E-state index is -2.15. The molecule has 0 aliphatic carbocycles. The van der Waals surface area contributed by atoms with Gasteiger partial charge in [0.2, 0.25) is 0 Å². The first kappa shape index (κ1) is 13.3. The molecular formula is C11H7Cl3N2O2. The molecule has 18 heavy (non-hydrogen) atoms. The average molecular weight is 306 g/mol. The average Bonchev–Trinajstić information content (AvgIpc) is 2.65. The van der Waals surface area contributed by atoms with Gasteiger partial charge in [-0.3, -0.25) is 14.2 Å². The van der Waals surface area contributed by atoms with Gasteiger partial charge in [0, 0.05) is 6.92 Å². The zero-order valence-corrected chi connectivity index (χ0v) is 11.4. The van der Waals surface area contributed by atoms with Crippen LogP contribution in [0.25, 0.3) is 11.0 Å². The molecule has 4 nitrogen and oxygen atoms in total. The van der Waals surface area contributed by atoms with Crippen LogP contribution in [0.1, 0.15) is 22.3 Å². The van der Waals surface area contributed by atoms with Gasteiger partial charge >= 0.3 is 0 Å². The Hall–Kier alpha value is -1.10. The molecule has 0 unspecified atom stereocenters. The monoisotopic (exact) mass is 304 g/mol. The lowest BCUT2D eigenvalue weighted by Crippen LogP contribution is -2.28. The summed E-state index contributed by atoms with van der Waals surface area (Å²) in [5, 5.41) is 0. The fourth-order valence-corrected chi connectivity index (χ4v) is 1.85. The zero-order chi connectivity index (χ0) is 13.5. The molecule has 0 atom stereocenters. The fourth-order valence-electron chi connectivity index (χ4n) is 1.59. The molecule has 7 heteroatoms. The van der Waals surface area contributed by atoms with E-state index in [4.69, 9.17) is 34.8 Å². The molecule has 0 amide bonds. The van der Waals surface area contributed by atoms with Crippen LogP contribution in [0, 0.1) is 0 Å². The normalized spacial score (nSPS) is 11.8. The number of fused-ring (bicyclic) bond motifs is 1. The van der Waals surface area contributed by atoms with Crippen LogP contribution in [0.5, 0.6) is 0 Å². The zero-order valence-electron chi connectivity index (χ0n) is 9.15. The maximum absolute atomic E-state index is 12.0. The van der Waals surface area contributed by atoms with Crippen molar-refractivity contribution >= 4 is 57.5 Å². The molecule has 0 saturated heterocycles. The van der Waals surface area contributed by atoms with E-state index >= 15 is 0 Å². The summed E-state index contributed by atoms with van der Waals surface area (Å²) in [6.07, 6.45) is 0. The lowest BCUT2D eigenvalue weighted by atomic mass is 10.3. The molecule has 0 bridgehead atoms. The molecule has 0 spiro atoms. The van der Waals surface area contributed by atoms with Crippen molar-refractivity contribution in [3.63, 3.8) is 0 Å². The number of ketones is 1. The SMILES string of the molecule is CC(=O)c1nc2ccccc2n1C(=O)C(Cl)(Cl)Cl. The second-order valence-corrected chi connectivity index (χ2v) is 5.90. The summed E-state index contributed by atoms with van der Waals surface area (Å²) < 4.78 is -1.11. The van der Waals surface area contributed by atoms with Gasteiger partial charge in [0.25, 0.3) is 9.70 Å². The van der Waals surface area contributed by atoms with E-state index in [9.17, 15) is 9.59 Å². The summed E-state index contributed by atoms with van der Waals surface area (Å²) in [4.78, 5) is 27.6. The number of hydrogen-bond donors (Lipinski definition) is 0. The van der Waals surface area contributed by atoms with Gasteiger partial charge in [-0.15, -0.1) is 0 Å². The molecular weight excluding hydrogens is 298 g/mol. The molecule has 1 aromatic carbocycles. The van der Waals surface area contributed by atoms with Crippen molar-refractivity contribution in [1.82, 2.24) is 9.55 Å². The molecule has 1 heterocycles. The standard InChI is InChI=1S/C11H7Cl3N2O2/c1-6(17)9-15-7-4-2-3-5-8(7)16(9)10(18)11(12,13)14/h2-5H,1H3. The highest BCUT2D eigenvalue weighted by atomic mass is 35.6. The first-order chi connectivity index (χ1) is 8.32. The van der Waals surface area contributed by atoms with Crippen molar-refractivity contribution in [2.75, 3.05) is 0 Å². The van der Waals surface area contributed by atoms with E-state index in [0.717, 1.165) is 4.57 Å². The molecule has 1 aromatic heterocycles. The lowest BCUT2D eigenvalue weighted by Gasteiger charge is -2.12. The van der Waals surface area contributed by atoms with E-state index < -0.39 is 9.70 Å². The van der Waals surface area contributed by atoms with E-state index in [-0.39, 0.29) is 11.6 Å². The number of Topliss-reactive ketones (excluding diaryl/α,β-unsaturated/α-hetero) is 1. The Balaban J connectivity index is 2.78. The Kier molecular flexibility index (Phi) is 3.36. The molecule has 0 aliphatic rings. The van der Waals surface area contributed by atoms with Crippen molar-refractivity contribution in [3.05, 3.63) is 30.1 Å². The number of hydrogen-bond acceptors (Lipinski definition) is 3. The number of halogens is 3. The molecule has 2 rings (SSSR count). The van der Waals surface area contributed by atoms with Crippen LogP contribution in [-0.4, -0.2) is 25.0 Å². The van der Waals surface area contributed by atoms with Crippen molar-refractivity contribution in [2.24, 2.45) is 0 Å². The quantitative estimate of drug-likeness (QED) is 0.600. The van der Waals surface area contributed by atoms with Crippen LogP contribution < -0.4 is 0 Å². The first-order valence-electron chi connectivity index (χ1n) is 4.92. The molecule has 0 saturated carbocycles. The van der Waals surface area contributed by atoms with Gasteiger partial charge < -0.3 is 0 Å². The van der Waals surface area contributed by atoms with Gasteiger partial charge in [-0.25, -0.2) is 4.98 Å². The summed E-state index contributed by atoms with van der Waals surface area (Å²) in [5.41, 5.74) is 0.921. The molecule has 94 valence electrons. The summed E-state index contributed by atoms with van der Waals surface area (Å²) in [5.74, 6) is -1.26.